The summed E-state index contributed by atoms with van der Waals surface area (Å²) in [4.78, 5) is 11.0. The molecule has 152 valence electrons. The normalized spacial score (nSPS) is 21.8. The number of carbonyl (C=O) groups excluding carboxylic acids is 1. The second-order valence-electron chi connectivity index (χ2n) is 8.61. The molecule has 4 rings (SSSR count). The maximum absolute atomic E-state index is 11.0. The number of benzene rings is 2. The van der Waals surface area contributed by atoms with Gasteiger partial charge in [-0.1, -0.05) is 29.8 Å². The first kappa shape index (κ1) is 20.3. The average molecular weight is 415 g/mol. The Balaban J connectivity index is 1.62. The van der Waals surface area contributed by atoms with Gasteiger partial charge in [0.15, 0.2) is 6.29 Å². The summed E-state index contributed by atoms with van der Waals surface area (Å²) in [5, 5.41) is 10.3. The Labute approximate surface area is 176 Å². The highest BCUT2D eigenvalue weighted by molar-refractivity contribution is 6.62. The van der Waals surface area contributed by atoms with E-state index < -0.39 is 18.3 Å². The van der Waals surface area contributed by atoms with E-state index in [1.54, 1.807) is 0 Å². The third-order valence-electron chi connectivity index (χ3n) is 6.24. The highest BCUT2D eigenvalue weighted by Crippen LogP contribution is 2.41. The molecule has 1 aliphatic carbocycles. The molecule has 1 saturated heterocycles. The summed E-state index contributed by atoms with van der Waals surface area (Å²) >= 11 is 6.25. The van der Waals surface area contributed by atoms with Gasteiger partial charge < -0.3 is 19.2 Å². The van der Waals surface area contributed by atoms with Gasteiger partial charge in [-0.15, -0.1) is 0 Å². The van der Waals surface area contributed by atoms with Crippen LogP contribution in [0.25, 0.3) is 0 Å². The minimum absolute atomic E-state index is 0.136. The van der Waals surface area contributed by atoms with Gasteiger partial charge in [-0.05, 0) is 63.2 Å². The SMILES string of the molecule is CC1(C)OB(c2cccc3c2CCC3Oc2cc(O)c(C=O)cc2Cl)OC1(C)C. The van der Waals surface area contributed by atoms with Crippen LogP contribution in [0.15, 0.2) is 30.3 Å². The molecule has 7 heteroatoms. The molecule has 0 saturated carbocycles. The lowest BCUT2D eigenvalue weighted by atomic mass is 9.75. The average Bonchev–Trinajstić information content (AvgIpc) is 3.15. The van der Waals surface area contributed by atoms with E-state index in [2.05, 4.69) is 0 Å². The van der Waals surface area contributed by atoms with Crippen LogP contribution in [0, 0.1) is 0 Å². The number of aldehydes is 1. The molecular weight excluding hydrogens is 391 g/mol. The summed E-state index contributed by atoms with van der Waals surface area (Å²) in [5.41, 5.74) is 2.59. The lowest BCUT2D eigenvalue weighted by Crippen LogP contribution is -2.41. The zero-order valence-corrected chi connectivity index (χ0v) is 17.7. The number of aromatic hydroxyl groups is 1. The van der Waals surface area contributed by atoms with Gasteiger partial charge in [0.2, 0.25) is 0 Å². The van der Waals surface area contributed by atoms with E-state index in [-0.39, 0.29) is 17.4 Å². The Hall–Kier alpha value is -2.02. The van der Waals surface area contributed by atoms with Gasteiger partial charge in [0.25, 0.3) is 0 Å². The smallest absolute Gasteiger partial charge is 0.495 e. The summed E-state index contributed by atoms with van der Waals surface area (Å²) in [7, 11) is -0.423. The molecule has 1 N–H and O–H groups in total. The van der Waals surface area contributed by atoms with Crippen molar-refractivity contribution >= 4 is 30.5 Å². The minimum atomic E-state index is -0.423. The number of fused-ring (bicyclic) bond motifs is 1. The standard InChI is InChI=1S/C22H24BClO5/c1-21(2)22(3,4)29-23(28-21)16-7-5-6-15-14(16)8-9-19(15)27-20-11-18(26)13(12-25)10-17(20)24/h5-7,10-12,19,26H,8-9H2,1-4H3. The topological polar surface area (TPSA) is 65.0 Å². The van der Waals surface area contributed by atoms with E-state index in [0.29, 0.717) is 17.1 Å². The highest BCUT2D eigenvalue weighted by atomic mass is 35.5. The van der Waals surface area contributed by atoms with Crippen molar-refractivity contribution < 1.29 is 23.9 Å². The second kappa shape index (κ2) is 7.04. The molecule has 2 aromatic rings. The monoisotopic (exact) mass is 414 g/mol. The number of halogens is 1. The molecule has 2 aliphatic rings. The van der Waals surface area contributed by atoms with Crippen LogP contribution in [-0.4, -0.2) is 29.7 Å². The van der Waals surface area contributed by atoms with Crippen molar-refractivity contribution in [2.24, 2.45) is 0 Å². The Kier molecular flexibility index (Phi) is 4.92. The number of hydrogen-bond donors (Lipinski definition) is 1. The van der Waals surface area contributed by atoms with Gasteiger partial charge in [-0.2, -0.15) is 0 Å². The van der Waals surface area contributed by atoms with Crippen molar-refractivity contribution in [1.82, 2.24) is 0 Å². The molecule has 2 aromatic carbocycles. The number of ether oxygens (including phenoxy) is 1. The van der Waals surface area contributed by atoms with Crippen LogP contribution in [0.3, 0.4) is 0 Å². The van der Waals surface area contributed by atoms with Crippen molar-refractivity contribution in [2.45, 2.75) is 57.8 Å². The van der Waals surface area contributed by atoms with Crippen molar-refractivity contribution in [1.29, 1.82) is 0 Å². The van der Waals surface area contributed by atoms with Crippen LogP contribution < -0.4 is 10.2 Å². The number of carbonyl (C=O) groups is 1. The van der Waals surface area contributed by atoms with Crippen LogP contribution in [-0.2, 0) is 15.7 Å². The van der Waals surface area contributed by atoms with Crippen molar-refractivity contribution in [3.63, 3.8) is 0 Å². The van der Waals surface area contributed by atoms with E-state index in [9.17, 15) is 9.90 Å². The van der Waals surface area contributed by atoms with Gasteiger partial charge in [-0.3, -0.25) is 4.79 Å². The van der Waals surface area contributed by atoms with Crippen LogP contribution in [0.1, 0.15) is 61.7 Å². The first-order valence-electron chi connectivity index (χ1n) is 9.74. The second-order valence-corrected chi connectivity index (χ2v) is 9.01. The predicted octanol–water partition coefficient (Wildman–Crippen LogP) is 4.22. The van der Waals surface area contributed by atoms with Gasteiger partial charge in [-0.25, -0.2) is 0 Å². The molecule has 1 aliphatic heterocycles. The molecule has 1 atom stereocenters. The van der Waals surface area contributed by atoms with Gasteiger partial charge >= 0.3 is 7.12 Å². The van der Waals surface area contributed by atoms with Crippen molar-refractivity contribution in [2.75, 3.05) is 0 Å². The third kappa shape index (κ3) is 3.43. The number of hydrogen-bond acceptors (Lipinski definition) is 5. The van der Waals surface area contributed by atoms with E-state index in [1.165, 1.54) is 17.7 Å². The fourth-order valence-corrected chi connectivity index (χ4v) is 4.07. The van der Waals surface area contributed by atoms with Gasteiger partial charge in [0, 0.05) is 6.07 Å². The predicted molar refractivity (Wildman–Crippen MR) is 112 cm³/mol. The van der Waals surface area contributed by atoms with Crippen LogP contribution in [0.2, 0.25) is 5.02 Å². The molecule has 0 aromatic heterocycles. The molecule has 0 bridgehead atoms. The largest absolute Gasteiger partial charge is 0.507 e. The van der Waals surface area contributed by atoms with Gasteiger partial charge in [0.05, 0.1) is 21.8 Å². The van der Waals surface area contributed by atoms with Crippen LogP contribution in [0.4, 0.5) is 0 Å². The Morgan fingerprint density at radius 2 is 1.90 bits per heavy atom. The molecule has 1 unspecified atom stereocenters. The summed E-state index contributed by atoms with van der Waals surface area (Å²) in [6.07, 6.45) is 1.97. The number of phenols is 1. The first-order chi connectivity index (χ1) is 13.6. The summed E-state index contributed by atoms with van der Waals surface area (Å²) in [5.74, 6) is 0.206. The van der Waals surface area contributed by atoms with E-state index in [0.717, 1.165) is 23.9 Å². The minimum Gasteiger partial charge on any atom is -0.507 e. The third-order valence-corrected chi connectivity index (χ3v) is 6.53. The van der Waals surface area contributed by atoms with Crippen LogP contribution in [0.5, 0.6) is 11.5 Å². The maximum atomic E-state index is 11.0. The van der Waals surface area contributed by atoms with Gasteiger partial charge in [0.1, 0.15) is 17.6 Å². The zero-order valence-electron chi connectivity index (χ0n) is 17.0. The number of rotatable bonds is 4. The fraction of sp³-hybridized carbons (Fsp3) is 0.409. The summed E-state index contributed by atoms with van der Waals surface area (Å²) in [6.45, 7) is 8.16. The molecule has 0 radical (unpaired) electrons. The van der Waals surface area contributed by atoms with Crippen molar-refractivity contribution in [3.8, 4) is 11.5 Å². The molecule has 0 spiro atoms. The Morgan fingerprint density at radius 1 is 1.21 bits per heavy atom. The maximum Gasteiger partial charge on any atom is 0.495 e. The van der Waals surface area contributed by atoms with E-state index >= 15 is 0 Å². The lowest BCUT2D eigenvalue weighted by molar-refractivity contribution is 0.00578. The molecule has 1 fully saturated rings. The summed E-state index contributed by atoms with van der Waals surface area (Å²) in [6, 6.07) is 8.86. The van der Waals surface area contributed by atoms with Crippen molar-refractivity contribution in [3.05, 3.63) is 52.0 Å². The number of phenolic OH excluding ortho intramolecular Hbond substituents is 1. The Morgan fingerprint density at radius 3 is 2.55 bits per heavy atom. The van der Waals surface area contributed by atoms with E-state index in [4.69, 9.17) is 25.6 Å². The zero-order chi connectivity index (χ0) is 21.0. The Bertz CT molecular complexity index is 956. The quantitative estimate of drug-likeness (QED) is 0.599. The lowest BCUT2D eigenvalue weighted by Gasteiger charge is -2.32. The van der Waals surface area contributed by atoms with Crippen LogP contribution >= 0.6 is 11.6 Å². The fourth-order valence-electron chi connectivity index (χ4n) is 3.85. The van der Waals surface area contributed by atoms with E-state index in [1.807, 2.05) is 45.9 Å². The molecule has 29 heavy (non-hydrogen) atoms. The first-order valence-corrected chi connectivity index (χ1v) is 10.1. The highest BCUT2D eigenvalue weighted by Gasteiger charge is 2.52. The summed E-state index contributed by atoms with van der Waals surface area (Å²) < 4.78 is 18.6. The molecule has 1 heterocycles. The molecule has 0 amide bonds. The molecule has 5 nitrogen and oxygen atoms in total. The molecular formula is C22H24BClO5.